The second-order valence-corrected chi connectivity index (χ2v) is 7.52. The van der Waals surface area contributed by atoms with E-state index in [-0.39, 0.29) is 6.61 Å². The normalized spacial score (nSPS) is 12.5. The van der Waals surface area contributed by atoms with Crippen LogP contribution in [0.5, 0.6) is 5.75 Å². The van der Waals surface area contributed by atoms with Crippen molar-refractivity contribution in [3.05, 3.63) is 78.5 Å². The zero-order valence-corrected chi connectivity index (χ0v) is 16.7. The number of pyridine rings is 1. The van der Waals surface area contributed by atoms with Gasteiger partial charge in [-0.3, -0.25) is 4.98 Å². The van der Waals surface area contributed by atoms with Gasteiger partial charge in [0.05, 0.1) is 16.7 Å². The van der Waals surface area contributed by atoms with E-state index < -0.39 is 6.10 Å². The van der Waals surface area contributed by atoms with Gasteiger partial charge in [-0.25, -0.2) is 0 Å². The summed E-state index contributed by atoms with van der Waals surface area (Å²) in [6, 6.07) is 24.2. The van der Waals surface area contributed by atoms with Crippen molar-refractivity contribution in [1.29, 1.82) is 0 Å². The molecule has 5 aromatic rings. The average molecular weight is 397 g/mol. The molecule has 0 aliphatic heterocycles. The molecule has 0 amide bonds. The summed E-state index contributed by atoms with van der Waals surface area (Å²) in [5.74, 6) is 0.770. The fraction of sp³-hybridized carbons (Fsp3) is 0.160. The minimum atomic E-state index is -0.662. The van der Waals surface area contributed by atoms with Crippen molar-refractivity contribution in [3.8, 4) is 5.75 Å². The number of H-pyrrole nitrogens is 1. The number of nitrogens with zero attached hydrogens (tertiary/aromatic N) is 1. The molecule has 1 unspecified atom stereocenters. The van der Waals surface area contributed by atoms with E-state index in [0.717, 1.165) is 49.8 Å². The molecule has 5 heteroatoms. The molecule has 2 aromatic heterocycles. The van der Waals surface area contributed by atoms with Gasteiger partial charge in [0, 0.05) is 33.9 Å². The lowest BCUT2D eigenvalue weighted by atomic mass is 10.1. The number of aryl methyl sites for hydroxylation is 1. The number of anilines is 1. The highest BCUT2D eigenvalue weighted by atomic mass is 16.5. The van der Waals surface area contributed by atoms with Gasteiger partial charge in [-0.1, -0.05) is 42.5 Å². The molecular weight excluding hydrogens is 374 g/mol. The number of aromatic nitrogens is 2. The van der Waals surface area contributed by atoms with E-state index >= 15 is 0 Å². The number of hydrogen-bond donors (Lipinski definition) is 3. The molecule has 3 N–H and O–H groups in total. The second-order valence-electron chi connectivity index (χ2n) is 7.52. The third kappa shape index (κ3) is 3.44. The minimum Gasteiger partial charge on any atom is -0.490 e. The highest BCUT2D eigenvalue weighted by Crippen LogP contribution is 2.33. The Bertz CT molecular complexity index is 1340. The van der Waals surface area contributed by atoms with Gasteiger partial charge >= 0.3 is 0 Å². The fourth-order valence-corrected chi connectivity index (χ4v) is 3.85. The number of ether oxygens (including phenoxy) is 1. The van der Waals surface area contributed by atoms with Gasteiger partial charge in [-0.2, -0.15) is 0 Å². The second kappa shape index (κ2) is 7.69. The van der Waals surface area contributed by atoms with Gasteiger partial charge in [-0.15, -0.1) is 0 Å². The number of fused-ring (bicyclic) bond motifs is 4. The summed E-state index contributed by atoms with van der Waals surface area (Å²) in [6.07, 6.45) is -0.662. The van der Waals surface area contributed by atoms with Crippen LogP contribution in [0.4, 0.5) is 5.69 Å². The SMILES string of the molecule is Cc1ccc2cccc(NCC(O)COc3cccc4[nH]c5ccccc5c34)c2n1. The molecule has 5 rings (SSSR count). The van der Waals surface area contributed by atoms with Crippen LogP contribution in [-0.4, -0.2) is 34.3 Å². The molecule has 0 aliphatic carbocycles. The van der Waals surface area contributed by atoms with Crippen LogP contribution in [0.15, 0.2) is 72.8 Å². The predicted octanol–water partition coefficient (Wildman–Crippen LogP) is 5.03. The Kier molecular flexibility index (Phi) is 4.73. The van der Waals surface area contributed by atoms with Gasteiger partial charge < -0.3 is 20.1 Å². The summed E-state index contributed by atoms with van der Waals surface area (Å²) in [6.45, 7) is 2.55. The monoisotopic (exact) mass is 397 g/mol. The van der Waals surface area contributed by atoms with Crippen LogP contribution < -0.4 is 10.1 Å². The van der Waals surface area contributed by atoms with Crippen LogP contribution in [0, 0.1) is 6.92 Å². The molecule has 0 bridgehead atoms. The summed E-state index contributed by atoms with van der Waals surface area (Å²) in [7, 11) is 0. The standard InChI is InChI=1S/C25H23N3O2/c1-16-12-13-17-6-4-10-22(25(17)27-16)26-14-18(29)15-30-23-11-5-9-21-24(23)19-7-2-3-8-20(19)28-21/h2-13,18,26,28-29H,14-15H2,1H3. The molecule has 5 nitrogen and oxygen atoms in total. The first-order valence-electron chi connectivity index (χ1n) is 10.1. The molecule has 150 valence electrons. The number of rotatable bonds is 6. The summed E-state index contributed by atoms with van der Waals surface area (Å²) in [4.78, 5) is 8.04. The van der Waals surface area contributed by atoms with Crippen molar-refractivity contribution in [1.82, 2.24) is 9.97 Å². The minimum absolute atomic E-state index is 0.197. The highest BCUT2D eigenvalue weighted by molar-refractivity contribution is 6.10. The van der Waals surface area contributed by atoms with Crippen LogP contribution >= 0.6 is 0 Å². The zero-order chi connectivity index (χ0) is 20.5. The van der Waals surface area contributed by atoms with Gasteiger partial charge in [-0.05, 0) is 37.3 Å². The lowest BCUT2D eigenvalue weighted by Crippen LogP contribution is -2.26. The van der Waals surface area contributed by atoms with Crippen molar-refractivity contribution in [2.45, 2.75) is 13.0 Å². The van der Waals surface area contributed by atoms with E-state index in [2.05, 4.69) is 33.5 Å². The Hall–Kier alpha value is -3.57. The number of hydrogen-bond acceptors (Lipinski definition) is 4. The lowest BCUT2D eigenvalue weighted by Gasteiger charge is -2.15. The first-order chi connectivity index (χ1) is 14.7. The lowest BCUT2D eigenvalue weighted by molar-refractivity contribution is 0.118. The number of nitrogens with one attached hydrogen (secondary N) is 2. The summed E-state index contributed by atoms with van der Waals surface area (Å²) in [5, 5.41) is 17.1. The number of aromatic amines is 1. The van der Waals surface area contributed by atoms with Crippen LogP contribution in [0.1, 0.15) is 5.69 Å². The van der Waals surface area contributed by atoms with Crippen molar-refractivity contribution >= 4 is 38.4 Å². The average Bonchev–Trinajstić information content (AvgIpc) is 3.15. The number of para-hydroxylation sites is 2. The molecule has 30 heavy (non-hydrogen) atoms. The maximum absolute atomic E-state index is 10.5. The van der Waals surface area contributed by atoms with Crippen LogP contribution in [0.3, 0.4) is 0 Å². The Labute approximate surface area is 174 Å². The Morgan fingerprint density at radius 1 is 0.967 bits per heavy atom. The number of aliphatic hydroxyl groups is 1. The van der Waals surface area contributed by atoms with Crippen molar-refractivity contribution < 1.29 is 9.84 Å². The summed E-state index contributed by atoms with van der Waals surface area (Å²) < 4.78 is 6.02. The molecule has 0 spiro atoms. The Morgan fingerprint density at radius 3 is 2.73 bits per heavy atom. The summed E-state index contributed by atoms with van der Waals surface area (Å²) in [5.41, 5.74) is 4.89. The molecule has 0 saturated heterocycles. The van der Waals surface area contributed by atoms with Crippen LogP contribution in [0.25, 0.3) is 32.7 Å². The van der Waals surface area contributed by atoms with E-state index in [4.69, 9.17) is 4.74 Å². The van der Waals surface area contributed by atoms with Crippen LogP contribution in [0.2, 0.25) is 0 Å². The van der Waals surface area contributed by atoms with Gasteiger partial charge in [0.2, 0.25) is 0 Å². The topological polar surface area (TPSA) is 70.2 Å². The van der Waals surface area contributed by atoms with Gasteiger partial charge in [0.1, 0.15) is 18.5 Å². The van der Waals surface area contributed by atoms with Crippen molar-refractivity contribution in [2.24, 2.45) is 0 Å². The van der Waals surface area contributed by atoms with E-state index in [1.165, 1.54) is 0 Å². The largest absolute Gasteiger partial charge is 0.490 e. The molecule has 0 saturated carbocycles. The molecule has 1 atom stereocenters. The molecule has 0 radical (unpaired) electrons. The Morgan fingerprint density at radius 2 is 1.80 bits per heavy atom. The number of aliphatic hydroxyl groups excluding tert-OH is 1. The zero-order valence-electron chi connectivity index (χ0n) is 16.7. The smallest absolute Gasteiger partial charge is 0.129 e. The Balaban J connectivity index is 1.30. The highest BCUT2D eigenvalue weighted by Gasteiger charge is 2.12. The van der Waals surface area contributed by atoms with Crippen molar-refractivity contribution in [2.75, 3.05) is 18.5 Å². The first-order valence-corrected chi connectivity index (χ1v) is 10.1. The quantitative estimate of drug-likeness (QED) is 0.376. The molecule has 3 aromatic carbocycles. The first kappa shape index (κ1) is 18.5. The molecule has 2 heterocycles. The van der Waals surface area contributed by atoms with Crippen LogP contribution in [-0.2, 0) is 0 Å². The fourth-order valence-electron chi connectivity index (χ4n) is 3.85. The predicted molar refractivity (Wildman–Crippen MR) is 122 cm³/mol. The van der Waals surface area contributed by atoms with E-state index in [0.29, 0.717) is 6.54 Å². The van der Waals surface area contributed by atoms with E-state index in [1.807, 2.05) is 61.5 Å². The molecule has 0 aliphatic rings. The van der Waals surface area contributed by atoms with Gasteiger partial charge in [0.15, 0.2) is 0 Å². The van der Waals surface area contributed by atoms with E-state index in [1.54, 1.807) is 0 Å². The van der Waals surface area contributed by atoms with E-state index in [9.17, 15) is 5.11 Å². The van der Waals surface area contributed by atoms with Crippen molar-refractivity contribution in [3.63, 3.8) is 0 Å². The number of benzene rings is 3. The summed E-state index contributed by atoms with van der Waals surface area (Å²) >= 11 is 0. The molecule has 0 fully saturated rings. The maximum atomic E-state index is 10.5. The third-order valence-corrected chi connectivity index (χ3v) is 5.31. The molecular formula is C25H23N3O2. The maximum Gasteiger partial charge on any atom is 0.129 e. The van der Waals surface area contributed by atoms with Gasteiger partial charge in [0.25, 0.3) is 0 Å². The third-order valence-electron chi connectivity index (χ3n) is 5.31.